The number of aryl methyl sites for hydroxylation is 1. The minimum atomic E-state index is 0.587. The molecule has 6 heteroatoms. The van der Waals surface area contributed by atoms with Crippen LogP contribution in [0.3, 0.4) is 0 Å². The number of rotatable bonds is 1. The molecule has 0 aromatic carbocycles. The van der Waals surface area contributed by atoms with E-state index in [0.717, 1.165) is 22.3 Å². The Morgan fingerprint density at radius 1 is 1.18 bits per heavy atom. The molecule has 3 rings (SSSR count). The molecular formula is C11H8ClN5. The van der Waals surface area contributed by atoms with Crippen molar-refractivity contribution in [2.75, 3.05) is 0 Å². The van der Waals surface area contributed by atoms with Crippen molar-refractivity contribution in [3.63, 3.8) is 0 Å². The molecule has 0 aliphatic carbocycles. The van der Waals surface area contributed by atoms with E-state index in [1.54, 1.807) is 23.3 Å². The van der Waals surface area contributed by atoms with E-state index in [0.29, 0.717) is 5.02 Å². The smallest absolute Gasteiger partial charge is 0.158 e. The molecule has 0 saturated heterocycles. The van der Waals surface area contributed by atoms with Gasteiger partial charge in [-0.25, -0.2) is 19.6 Å². The predicted octanol–water partition coefficient (Wildman–Crippen LogP) is 2.08. The van der Waals surface area contributed by atoms with Crippen LogP contribution in [0.15, 0.2) is 31.0 Å². The summed E-state index contributed by atoms with van der Waals surface area (Å²) in [5, 5.41) is 5.90. The lowest BCUT2D eigenvalue weighted by Gasteiger charge is -1.95. The molecule has 0 spiro atoms. The summed E-state index contributed by atoms with van der Waals surface area (Å²) in [5.41, 5.74) is 2.42. The molecule has 3 aromatic heterocycles. The molecular weight excluding hydrogens is 238 g/mol. The van der Waals surface area contributed by atoms with Gasteiger partial charge in [-0.05, 0) is 6.07 Å². The van der Waals surface area contributed by atoms with E-state index in [9.17, 15) is 0 Å². The molecule has 0 fully saturated rings. The number of aromatic nitrogens is 5. The molecule has 0 aliphatic rings. The molecule has 0 amide bonds. The van der Waals surface area contributed by atoms with Gasteiger partial charge in [0.25, 0.3) is 0 Å². The van der Waals surface area contributed by atoms with Crippen LogP contribution in [0.1, 0.15) is 0 Å². The first-order chi connectivity index (χ1) is 8.25. The van der Waals surface area contributed by atoms with Crippen molar-refractivity contribution in [3.8, 4) is 11.3 Å². The quantitative estimate of drug-likeness (QED) is 0.659. The van der Waals surface area contributed by atoms with Crippen LogP contribution >= 0.6 is 11.6 Å². The number of fused-ring (bicyclic) bond motifs is 1. The zero-order valence-electron chi connectivity index (χ0n) is 9.00. The molecule has 3 heterocycles. The van der Waals surface area contributed by atoms with E-state index >= 15 is 0 Å². The summed E-state index contributed by atoms with van der Waals surface area (Å²) in [4.78, 5) is 12.2. The van der Waals surface area contributed by atoms with Gasteiger partial charge in [-0.3, -0.25) is 0 Å². The molecule has 0 unspecified atom stereocenters. The molecule has 0 N–H and O–H groups in total. The largest absolute Gasteiger partial charge is 0.250 e. The summed E-state index contributed by atoms with van der Waals surface area (Å²) in [6.07, 6.45) is 6.53. The zero-order valence-corrected chi connectivity index (χ0v) is 9.76. The standard InChI is InChI=1S/C11H8ClN5/c1-17-11-9(2-8(12)5-15-11)10(16-17)7-3-13-6-14-4-7/h2-6H,1H3. The third-order valence-electron chi connectivity index (χ3n) is 2.48. The van der Waals surface area contributed by atoms with Gasteiger partial charge in [0.2, 0.25) is 0 Å². The summed E-state index contributed by atoms with van der Waals surface area (Å²) in [5.74, 6) is 0. The third-order valence-corrected chi connectivity index (χ3v) is 2.69. The Morgan fingerprint density at radius 2 is 1.94 bits per heavy atom. The van der Waals surface area contributed by atoms with Gasteiger partial charge >= 0.3 is 0 Å². The molecule has 17 heavy (non-hydrogen) atoms. The summed E-state index contributed by atoms with van der Waals surface area (Å²) in [6.45, 7) is 0. The fourth-order valence-electron chi connectivity index (χ4n) is 1.75. The van der Waals surface area contributed by atoms with Gasteiger partial charge in [0.1, 0.15) is 12.0 Å². The Balaban J connectivity index is 2.34. The number of hydrogen-bond donors (Lipinski definition) is 0. The molecule has 0 aliphatic heterocycles. The highest BCUT2D eigenvalue weighted by Crippen LogP contribution is 2.27. The Kier molecular flexibility index (Phi) is 2.26. The van der Waals surface area contributed by atoms with Crippen LogP contribution in [0.25, 0.3) is 22.3 Å². The van der Waals surface area contributed by atoms with Crippen molar-refractivity contribution >= 4 is 22.6 Å². The van der Waals surface area contributed by atoms with E-state index in [-0.39, 0.29) is 0 Å². The summed E-state index contributed by atoms with van der Waals surface area (Å²) < 4.78 is 1.72. The first-order valence-corrected chi connectivity index (χ1v) is 5.37. The minimum absolute atomic E-state index is 0.587. The highest BCUT2D eigenvalue weighted by molar-refractivity contribution is 6.31. The normalized spacial score (nSPS) is 10.9. The Bertz CT molecular complexity index is 677. The van der Waals surface area contributed by atoms with Gasteiger partial charge in [-0.2, -0.15) is 5.10 Å². The van der Waals surface area contributed by atoms with Crippen molar-refractivity contribution < 1.29 is 0 Å². The number of nitrogens with zero attached hydrogens (tertiary/aromatic N) is 5. The second-order valence-corrected chi connectivity index (χ2v) is 4.06. The molecule has 5 nitrogen and oxygen atoms in total. The van der Waals surface area contributed by atoms with E-state index in [1.165, 1.54) is 6.33 Å². The monoisotopic (exact) mass is 245 g/mol. The van der Waals surface area contributed by atoms with Crippen molar-refractivity contribution in [2.24, 2.45) is 7.05 Å². The van der Waals surface area contributed by atoms with Crippen LogP contribution < -0.4 is 0 Å². The SMILES string of the molecule is Cn1nc(-c2cncnc2)c2cc(Cl)cnc21. The zero-order chi connectivity index (χ0) is 11.8. The number of pyridine rings is 1. The minimum Gasteiger partial charge on any atom is -0.250 e. The van der Waals surface area contributed by atoms with Crippen LogP contribution in [0.4, 0.5) is 0 Å². The van der Waals surface area contributed by atoms with Gasteiger partial charge in [0.15, 0.2) is 5.65 Å². The Morgan fingerprint density at radius 3 is 2.71 bits per heavy atom. The lowest BCUT2D eigenvalue weighted by atomic mass is 10.2. The Hall–Kier alpha value is -2.01. The molecule has 0 bridgehead atoms. The first-order valence-electron chi connectivity index (χ1n) is 4.99. The van der Waals surface area contributed by atoms with Crippen molar-refractivity contribution in [2.45, 2.75) is 0 Å². The lowest BCUT2D eigenvalue weighted by Crippen LogP contribution is -1.91. The molecule has 0 saturated carbocycles. The van der Waals surface area contributed by atoms with Gasteiger partial charge in [0.05, 0.1) is 5.02 Å². The molecule has 3 aromatic rings. The van der Waals surface area contributed by atoms with Crippen LogP contribution in [0.2, 0.25) is 5.02 Å². The van der Waals surface area contributed by atoms with E-state index in [1.807, 2.05) is 13.1 Å². The van der Waals surface area contributed by atoms with Crippen LogP contribution in [-0.4, -0.2) is 24.7 Å². The topological polar surface area (TPSA) is 56.5 Å². The third kappa shape index (κ3) is 1.64. The predicted molar refractivity (Wildman–Crippen MR) is 64.5 cm³/mol. The highest BCUT2D eigenvalue weighted by Gasteiger charge is 2.12. The Labute approximate surface area is 102 Å². The average molecular weight is 246 g/mol. The maximum Gasteiger partial charge on any atom is 0.158 e. The van der Waals surface area contributed by atoms with E-state index in [2.05, 4.69) is 20.1 Å². The van der Waals surface area contributed by atoms with E-state index < -0.39 is 0 Å². The van der Waals surface area contributed by atoms with Crippen molar-refractivity contribution in [1.29, 1.82) is 0 Å². The highest BCUT2D eigenvalue weighted by atomic mass is 35.5. The fraction of sp³-hybridized carbons (Fsp3) is 0.0909. The molecule has 0 atom stereocenters. The van der Waals surface area contributed by atoms with Crippen LogP contribution in [0, 0.1) is 0 Å². The molecule has 84 valence electrons. The number of hydrogen-bond acceptors (Lipinski definition) is 4. The average Bonchev–Trinajstić information content (AvgIpc) is 2.67. The van der Waals surface area contributed by atoms with Gasteiger partial charge < -0.3 is 0 Å². The van der Waals surface area contributed by atoms with Gasteiger partial charge in [-0.15, -0.1) is 0 Å². The van der Waals surface area contributed by atoms with Crippen LogP contribution in [-0.2, 0) is 7.05 Å². The van der Waals surface area contributed by atoms with E-state index in [4.69, 9.17) is 11.6 Å². The van der Waals surface area contributed by atoms with Crippen molar-refractivity contribution in [1.82, 2.24) is 24.7 Å². The van der Waals surface area contributed by atoms with Gasteiger partial charge in [-0.1, -0.05) is 11.6 Å². The maximum atomic E-state index is 5.96. The number of halogens is 1. The summed E-state index contributed by atoms with van der Waals surface area (Å²) >= 11 is 5.96. The molecule has 0 radical (unpaired) electrons. The maximum absolute atomic E-state index is 5.96. The summed E-state index contributed by atoms with van der Waals surface area (Å²) in [6, 6.07) is 1.85. The second kappa shape index (κ2) is 3.78. The fourth-order valence-corrected chi connectivity index (χ4v) is 1.91. The van der Waals surface area contributed by atoms with Crippen molar-refractivity contribution in [3.05, 3.63) is 36.0 Å². The summed E-state index contributed by atoms with van der Waals surface area (Å²) in [7, 11) is 1.84. The lowest BCUT2D eigenvalue weighted by molar-refractivity contribution is 0.789. The first kappa shape index (κ1) is 10.2. The van der Waals surface area contributed by atoms with Crippen LogP contribution in [0.5, 0.6) is 0 Å². The second-order valence-electron chi connectivity index (χ2n) is 3.62. The van der Waals surface area contributed by atoms with Gasteiger partial charge in [0, 0.05) is 36.6 Å².